The quantitative estimate of drug-likeness (QED) is 0.733. The third-order valence-electron chi connectivity index (χ3n) is 4.68. The average Bonchev–Trinajstić information content (AvgIpc) is 2.77. The molecule has 2 atom stereocenters. The highest BCUT2D eigenvalue weighted by atomic mass is 35.5. The molecule has 0 heterocycles. The summed E-state index contributed by atoms with van der Waals surface area (Å²) in [4.78, 5) is -0.117. The zero-order chi connectivity index (χ0) is 19.6. The maximum atomic E-state index is 13.9. The number of nitrogens with one attached hydrogen (secondary N) is 1. The number of halogens is 3. The molecule has 1 saturated carbocycles. The Morgan fingerprint density at radius 2 is 1.81 bits per heavy atom. The molecule has 146 valence electrons. The van der Waals surface area contributed by atoms with Crippen molar-refractivity contribution < 1.29 is 22.3 Å². The predicted molar refractivity (Wildman–Crippen MR) is 100 cm³/mol. The first-order valence-corrected chi connectivity index (χ1v) is 10.6. The van der Waals surface area contributed by atoms with Gasteiger partial charge in [-0.2, -0.15) is 0 Å². The molecular weight excluding hydrogens is 396 g/mol. The first-order valence-electron chi connectivity index (χ1n) is 8.71. The number of aliphatic hydroxyl groups excluding tert-OH is 1. The molecule has 2 aromatic carbocycles. The number of benzene rings is 2. The van der Waals surface area contributed by atoms with E-state index in [-0.39, 0.29) is 21.5 Å². The van der Waals surface area contributed by atoms with Crippen LogP contribution in [-0.2, 0) is 10.0 Å². The van der Waals surface area contributed by atoms with E-state index in [2.05, 4.69) is 4.72 Å². The van der Waals surface area contributed by atoms with Gasteiger partial charge in [0, 0.05) is 17.7 Å². The van der Waals surface area contributed by atoms with Crippen LogP contribution in [0.15, 0.2) is 41.3 Å². The van der Waals surface area contributed by atoms with Crippen molar-refractivity contribution in [3.05, 3.63) is 53.1 Å². The Hall–Kier alpha value is -1.54. The molecular formula is C19H20ClF2NO3S. The first-order chi connectivity index (χ1) is 12.8. The van der Waals surface area contributed by atoms with Gasteiger partial charge in [-0.15, -0.1) is 0 Å². The van der Waals surface area contributed by atoms with Crippen molar-refractivity contribution in [2.75, 3.05) is 0 Å². The van der Waals surface area contributed by atoms with Gasteiger partial charge in [-0.25, -0.2) is 21.9 Å². The third kappa shape index (κ3) is 4.85. The summed E-state index contributed by atoms with van der Waals surface area (Å²) < 4.78 is 55.0. The summed E-state index contributed by atoms with van der Waals surface area (Å²) in [5.41, 5.74) is 0.475. The van der Waals surface area contributed by atoms with Gasteiger partial charge in [0.1, 0.15) is 16.5 Å². The second-order valence-electron chi connectivity index (χ2n) is 6.76. The Bertz CT molecular complexity index is 937. The van der Waals surface area contributed by atoms with E-state index < -0.39 is 27.8 Å². The highest BCUT2D eigenvalue weighted by Gasteiger charge is 2.26. The third-order valence-corrected chi connectivity index (χ3v) is 6.69. The zero-order valence-corrected chi connectivity index (χ0v) is 16.0. The minimum absolute atomic E-state index is 0.0575. The minimum Gasteiger partial charge on any atom is -0.393 e. The Kier molecular flexibility index (Phi) is 6.15. The predicted octanol–water partition coefficient (Wildman–Crippen LogP) is 4.26. The van der Waals surface area contributed by atoms with Gasteiger partial charge in [-0.1, -0.05) is 30.5 Å². The maximum Gasteiger partial charge on any atom is 0.242 e. The van der Waals surface area contributed by atoms with Crippen LogP contribution in [0.1, 0.15) is 32.1 Å². The fraction of sp³-hybridized carbons (Fsp3) is 0.368. The van der Waals surface area contributed by atoms with Gasteiger partial charge in [-0.05, 0) is 49.1 Å². The van der Waals surface area contributed by atoms with E-state index in [0.717, 1.165) is 25.0 Å². The molecule has 0 saturated heterocycles. The summed E-state index contributed by atoms with van der Waals surface area (Å²) in [6.07, 6.45) is 2.83. The Morgan fingerprint density at radius 3 is 2.52 bits per heavy atom. The molecule has 0 aliphatic heterocycles. The number of rotatable bonds is 4. The molecule has 2 N–H and O–H groups in total. The summed E-state index contributed by atoms with van der Waals surface area (Å²) >= 11 is 6.16. The van der Waals surface area contributed by atoms with Crippen molar-refractivity contribution in [2.24, 2.45) is 0 Å². The zero-order valence-electron chi connectivity index (χ0n) is 14.5. The standard InChI is InChI=1S/C19H20ClF2NO3S/c20-17-9-12(16-7-6-13(21)10-18(16)22)5-8-19(17)27(25,26)23-14-3-1-2-4-15(24)11-14/h5-10,14-15,23-24H,1-4,11H2/t14-,15+/m0/s1. The van der Waals surface area contributed by atoms with Crippen molar-refractivity contribution >= 4 is 21.6 Å². The molecule has 0 bridgehead atoms. The van der Waals surface area contributed by atoms with Crippen LogP contribution >= 0.6 is 11.6 Å². The van der Waals surface area contributed by atoms with Crippen LogP contribution in [0.3, 0.4) is 0 Å². The Balaban J connectivity index is 1.86. The number of hydrogen-bond acceptors (Lipinski definition) is 3. The largest absolute Gasteiger partial charge is 0.393 e. The molecule has 4 nitrogen and oxygen atoms in total. The summed E-state index contributed by atoms with van der Waals surface area (Å²) in [6.45, 7) is 0. The van der Waals surface area contributed by atoms with E-state index in [1.807, 2.05) is 0 Å². The molecule has 0 radical (unpaired) electrons. The molecule has 0 aromatic heterocycles. The highest BCUT2D eigenvalue weighted by molar-refractivity contribution is 7.89. The van der Waals surface area contributed by atoms with E-state index in [1.165, 1.54) is 24.3 Å². The molecule has 8 heteroatoms. The molecule has 0 spiro atoms. The van der Waals surface area contributed by atoms with Crippen molar-refractivity contribution in [3.63, 3.8) is 0 Å². The van der Waals surface area contributed by atoms with Gasteiger partial charge < -0.3 is 5.11 Å². The topological polar surface area (TPSA) is 66.4 Å². The van der Waals surface area contributed by atoms with Crippen molar-refractivity contribution in [2.45, 2.75) is 49.1 Å². The van der Waals surface area contributed by atoms with E-state index in [9.17, 15) is 22.3 Å². The summed E-state index contributed by atoms with van der Waals surface area (Å²) in [5.74, 6) is -1.46. The normalized spacial score (nSPS) is 21.0. The number of sulfonamides is 1. The second kappa shape index (κ2) is 8.22. The Labute approximate surface area is 162 Å². The van der Waals surface area contributed by atoms with E-state index >= 15 is 0 Å². The molecule has 1 fully saturated rings. The summed E-state index contributed by atoms with van der Waals surface area (Å²) in [6, 6.07) is 6.86. The van der Waals surface area contributed by atoms with Crippen molar-refractivity contribution in [1.29, 1.82) is 0 Å². The first kappa shape index (κ1) is 20.2. The molecule has 1 aliphatic carbocycles. The maximum absolute atomic E-state index is 13.9. The summed E-state index contributed by atoms with van der Waals surface area (Å²) in [5, 5.41) is 9.81. The lowest BCUT2D eigenvalue weighted by atomic mass is 10.1. The average molecular weight is 416 g/mol. The molecule has 3 rings (SSSR count). The number of hydrogen-bond donors (Lipinski definition) is 2. The van der Waals surface area contributed by atoms with E-state index in [0.29, 0.717) is 24.8 Å². The fourth-order valence-electron chi connectivity index (χ4n) is 3.33. The van der Waals surface area contributed by atoms with Gasteiger partial charge in [0.05, 0.1) is 11.1 Å². The van der Waals surface area contributed by atoms with Crippen molar-refractivity contribution in [3.8, 4) is 11.1 Å². The Morgan fingerprint density at radius 1 is 1.07 bits per heavy atom. The van der Waals surface area contributed by atoms with E-state index in [4.69, 9.17) is 11.6 Å². The molecule has 27 heavy (non-hydrogen) atoms. The fourth-order valence-corrected chi connectivity index (χ4v) is 5.16. The minimum atomic E-state index is -3.89. The molecule has 1 aliphatic rings. The van der Waals surface area contributed by atoms with Gasteiger partial charge in [0.25, 0.3) is 0 Å². The lowest BCUT2D eigenvalue weighted by Crippen LogP contribution is -2.36. The van der Waals surface area contributed by atoms with Crippen LogP contribution < -0.4 is 4.72 Å². The lowest BCUT2D eigenvalue weighted by molar-refractivity contribution is 0.150. The van der Waals surface area contributed by atoms with Crippen LogP contribution in [-0.4, -0.2) is 25.7 Å². The van der Waals surface area contributed by atoms with Crippen LogP contribution in [0.2, 0.25) is 5.02 Å². The number of aliphatic hydroxyl groups is 1. The van der Waals surface area contributed by atoms with Crippen LogP contribution in [0, 0.1) is 11.6 Å². The van der Waals surface area contributed by atoms with Crippen LogP contribution in [0.25, 0.3) is 11.1 Å². The van der Waals surface area contributed by atoms with Crippen LogP contribution in [0.5, 0.6) is 0 Å². The second-order valence-corrected chi connectivity index (χ2v) is 8.85. The SMILES string of the molecule is O=S(=O)(N[C@H]1CCCC[C@@H](O)C1)c1ccc(-c2ccc(F)cc2F)cc1Cl. The van der Waals surface area contributed by atoms with Gasteiger partial charge in [-0.3, -0.25) is 0 Å². The molecule has 0 amide bonds. The van der Waals surface area contributed by atoms with Gasteiger partial charge in [0.15, 0.2) is 0 Å². The molecule has 2 aromatic rings. The van der Waals surface area contributed by atoms with Gasteiger partial charge >= 0.3 is 0 Å². The van der Waals surface area contributed by atoms with E-state index in [1.54, 1.807) is 0 Å². The van der Waals surface area contributed by atoms with Gasteiger partial charge in [0.2, 0.25) is 10.0 Å². The monoisotopic (exact) mass is 415 g/mol. The van der Waals surface area contributed by atoms with Crippen molar-refractivity contribution in [1.82, 2.24) is 4.72 Å². The molecule has 0 unspecified atom stereocenters. The highest BCUT2D eigenvalue weighted by Crippen LogP contribution is 2.30. The van der Waals surface area contributed by atoms with Crippen LogP contribution in [0.4, 0.5) is 8.78 Å². The lowest BCUT2D eigenvalue weighted by Gasteiger charge is -2.19. The smallest absolute Gasteiger partial charge is 0.242 e. The summed E-state index contributed by atoms with van der Waals surface area (Å²) in [7, 11) is -3.89.